The zero-order chi connectivity index (χ0) is 20.5. The summed E-state index contributed by atoms with van der Waals surface area (Å²) in [5.41, 5.74) is 9.74. The van der Waals surface area contributed by atoms with Crippen LogP contribution in [0.25, 0.3) is 0 Å². The van der Waals surface area contributed by atoms with Crippen LogP contribution in [-0.2, 0) is 19.6 Å². The van der Waals surface area contributed by atoms with Gasteiger partial charge >= 0.3 is 0 Å². The molecule has 3 aromatic carbocycles. The van der Waals surface area contributed by atoms with Crippen molar-refractivity contribution in [2.24, 2.45) is 5.73 Å². The van der Waals surface area contributed by atoms with Gasteiger partial charge in [0.2, 0.25) is 0 Å². The number of benzene rings is 3. The molecule has 3 aromatic rings. The fourth-order valence-corrected chi connectivity index (χ4v) is 2.89. The minimum absolute atomic E-state index is 0.321. The van der Waals surface area contributed by atoms with E-state index < -0.39 is 0 Å². The minimum Gasteiger partial charge on any atom is -0.485 e. The Balaban J connectivity index is 1.77. The van der Waals surface area contributed by atoms with Crippen molar-refractivity contribution in [1.82, 2.24) is 0 Å². The third kappa shape index (κ3) is 5.59. The molecule has 0 saturated carbocycles. The van der Waals surface area contributed by atoms with Crippen LogP contribution in [0.5, 0.6) is 11.5 Å². The normalized spacial score (nSPS) is 10.0. The smallest absolute Gasteiger partial charge is 0.161 e. The van der Waals surface area contributed by atoms with Crippen LogP contribution in [-0.4, -0.2) is 6.54 Å². The molecule has 0 radical (unpaired) electrons. The first-order valence-corrected chi connectivity index (χ1v) is 9.28. The van der Waals surface area contributed by atoms with Crippen molar-refractivity contribution in [3.63, 3.8) is 0 Å². The first kappa shape index (κ1) is 19.9. The summed E-state index contributed by atoms with van der Waals surface area (Å²) in [5, 5.41) is 18.1. The summed E-state index contributed by atoms with van der Waals surface area (Å²) in [6.45, 7) is 1.19. The molecular weight excluding hydrogens is 362 g/mol. The molecule has 0 amide bonds. The zero-order valence-electron chi connectivity index (χ0n) is 16.0. The Labute approximate surface area is 170 Å². The Hall–Kier alpha value is -3.80. The lowest BCUT2D eigenvalue weighted by Crippen LogP contribution is -2.05. The quantitative estimate of drug-likeness (QED) is 0.632. The zero-order valence-corrected chi connectivity index (χ0v) is 16.0. The van der Waals surface area contributed by atoms with Gasteiger partial charge in [-0.2, -0.15) is 10.5 Å². The molecule has 0 aliphatic rings. The molecule has 0 aliphatic heterocycles. The number of hydrogen-bond acceptors (Lipinski definition) is 5. The van der Waals surface area contributed by atoms with Gasteiger partial charge in [0.05, 0.1) is 23.3 Å². The van der Waals surface area contributed by atoms with E-state index >= 15 is 0 Å². The molecular formula is C24H21N3O2. The van der Waals surface area contributed by atoms with Crippen molar-refractivity contribution in [2.75, 3.05) is 6.54 Å². The molecule has 0 bridgehead atoms. The predicted octanol–water partition coefficient (Wildman–Crippen LogP) is 4.09. The fraction of sp³-hybridized carbons (Fsp3) is 0.167. The summed E-state index contributed by atoms with van der Waals surface area (Å²) in [5.74, 6) is 1.24. The molecule has 0 saturated heterocycles. The van der Waals surface area contributed by atoms with E-state index in [1.54, 1.807) is 24.3 Å². The maximum absolute atomic E-state index is 9.06. The van der Waals surface area contributed by atoms with Crippen LogP contribution >= 0.6 is 0 Å². The standard InChI is InChI=1S/C24H21N3O2/c25-10-9-18-7-8-23(28-16-21-5-1-3-19(11-21)14-26)24(13-18)29-17-22-6-2-4-20(12-22)15-27/h1-8,11-13H,9-10,16-17,25H2. The molecule has 0 fully saturated rings. The Kier molecular flexibility index (Phi) is 6.84. The minimum atomic E-state index is 0.321. The molecule has 0 aromatic heterocycles. The van der Waals surface area contributed by atoms with E-state index in [-0.39, 0.29) is 0 Å². The number of ether oxygens (including phenoxy) is 2. The molecule has 0 aliphatic carbocycles. The van der Waals surface area contributed by atoms with E-state index in [1.165, 1.54) is 0 Å². The molecule has 0 spiro atoms. The second-order valence-corrected chi connectivity index (χ2v) is 6.52. The molecule has 3 rings (SSSR count). The number of hydrogen-bond donors (Lipinski definition) is 1. The Bertz CT molecular complexity index is 1060. The van der Waals surface area contributed by atoms with Crippen molar-refractivity contribution in [3.05, 3.63) is 94.5 Å². The van der Waals surface area contributed by atoms with Crippen molar-refractivity contribution < 1.29 is 9.47 Å². The van der Waals surface area contributed by atoms with Crippen LogP contribution in [0.1, 0.15) is 27.8 Å². The second kappa shape index (κ2) is 9.94. The monoisotopic (exact) mass is 383 g/mol. The number of nitrogens with zero attached hydrogens (tertiary/aromatic N) is 2. The van der Waals surface area contributed by atoms with E-state index in [0.717, 1.165) is 23.1 Å². The average molecular weight is 383 g/mol. The Morgan fingerprint density at radius 1 is 0.690 bits per heavy atom. The van der Waals surface area contributed by atoms with E-state index in [1.807, 2.05) is 42.5 Å². The van der Waals surface area contributed by atoms with Crippen LogP contribution in [0.4, 0.5) is 0 Å². The van der Waals surface area contributed by atoms with Crippen molar-refractivity contribution in [2.45, 2.75) is 19.6 Å². The topological polar surface area (TPSA) is 92.1 Å². The number of rotatable bonds is 8. The molecule has 5 nitrogen and oxygen atoms in total. The van der Waals surface area contributed by atoms with Crippen LogP contribution in [0.3, 0.4) is 0 Å². The van der Waals surface area contributed by atoms with Gasteiger partial charge in [-0.05, 0) is 66.1 Å². The third-order valence-electron chi connectivity index (χ3n) is 4.34. The van der Waals surface area contributed by atoms with Gasteiger partial charge in [-0.15, -0.1) is 0 Å². The second-order valence-electron chi connectivity index (χ2n) is 6.52. The van der Waals surface area contributed by atoms with Crippen LogP contribution in [0.15, 0.2) is 66.7 Å². The Morgan fingerprint density at radius 2 is 1.28 bits per heavy atom. The predicted molar refractivity (Wildman–Crippen MR) is 110 cm³/mol. The molecule has 0 atom stereocenters. The fourth-order valence-electron chi connectivity index (χ4n) is 2.89. The first-order valence-electron chi connectivity index (χ1n) is 9.28. The average Bonchev–Trinajstić information content (AvgIpc) is 2.77. The van der Waals surface area contributed by atoms with Gasteiger partial charge in [-0.1, -0.05) is 30.3 Å². The van der Waals surface area contributed by atoms with Crippen LogP contribution in [0.2, 0.25) is 0 Å². The van der Waals surface area contributed by atoms with E-state index in [0.29, 0.717) is 42.4 Å². The number of nitriles is 2. The van der Waals surface area contributed by atoms with Gasteiger partial charge in [0.1, 0.15) is 13.2 Å². The number of nitrogens with two attached hydrogens (primary N) is 1. The highest BCUT2D eigenvalue weighted by Gasteiger charge is 2.09. The summed E-state index contributed by atoms with van der Waals surface area (Å²) in [4.78, 5) is 0. The van der Waals surface area contributed by atoms with E-state index in [2.05, 4.69) is 12.1 Å². The SMILES string of the molecule is N#Cc1cccc(COc2ccc(CCN)cc2OCc2cccc(C#N)c2)c1. The van der Waals surface area contributed by atoms with Gasteiger partial charge in [0, 0.05) is 0 Å². The summed E-state index contributed by atoms with van der Waals surface area (Å²) in [6.07, 6.45) is 0.741. The van der Waals surface area contributed by atoms with Crippen molar-refractivity contribution in [3.8, 4) is 23.6 Å². The highest BCUT2D eigenvalue weighted by Crippen LogP contribution is 2.30. The lowest BCUT2D eigenvalue weighted by Gasteiger charge is -2.15. The van der Waals surface area contributed by atoms with Crippen LogP contribution < -0.4 is 15.2 Å². The van der Waals surface area contributed by atoms with Gasteiger partial charge in [-0.25, -0.2) is 0 Å². The summed E-state index contributed by atoms with van der Waals surface area (Å²) < 4.78 is 12.0. The van der Waals surface area contributed by atoms with Crippen molar-refractivity contribution >= 4 is 0 Å². The molecule has 144 valence electrons. The largest absolute Gasteiger partial charge is 0.485 e. The summed E-state index contributed by atoms with van der Waals surface area (Å²) in [6, 6.07) is 24.7. The lowest BCUT2D eigenvalue weighted by atomic mass is 10.1. The highest BCUT2D eigenvalue weighted by molar-refractivity contribution is 5.44. The Morgan fingerprint density at radius 3 is 1.83 bits per heavy atom. The molecule has 29 heavy (non-hydrogen) atoms. The highest BCUT2D eigenvalue weighted by atomic mass is 16.5. The lowest BCUT2D eigenvalue weighted by molar-refractivity contribution is 0.255. The molecule has 2 N–H and O–H groups in total. The van der Waals surface area contributed by atoms with Gasteiger partial charge in [0.25, 0.3) is 0 Å². The van der Waals surface area contributed by atoms with Crippen molar-refractivity contribution in [1.29, 1.82) is 10.5 Å². The van der Waals surface area contributed by atoms with Gasteiger partial charge in [-0.3, -0.25) is 0 Å². The van der Waals surface area contributed by atoms with E-state index in [4.69, 9.17) is 25.7 Å². The molecule has 5 heteroatoms. The maximum Gasteiger partial charge on any atom is 0.161 e. The molecule has 0 unspecified atom stereocenters. The van der Waals surface area contributed by atoms with Crippen LogP contribution in [0, 0.1) is 22.7 Å². The van der Waals surface area contributed by atoms with Gasteiger partial charge < -0.3 is 15.2 Å². The summed E-state index contributed by atoms with van der Waals surface area (Å²) >= 11 is 0. The maximum atomic E-state index is 9.06. The molecule has 0 heterocycles. The first-order chi connectivity index (χ1) is 14.2. The third-order valence-corrected chi connectivity index (χ3v) is 4.34. The van der Waals surface area contributed by atoms with Gasteiger partial charge in [0.15, 0.2) is 11.5 Å². The summed E-state index contributed by atoms with van der Waals surface area (Å²) in [7, 11) is 0. The van der Waals surface area contributed by atoms with E-state index in [9.17, 15) is 0 Å².